The maximum absolute atomic E-state index is 13.0. The van der Waals surface area contributed by atoms with Crippen molar-refractivity contribution < 1.29 is 4.79 Å². The molecule has 0 saturated carbocycles. The maximum atomic E-state index is 13.0. The van der Waals surface area contributed by atoms with Gasteiger partial charge in [0, 0.05) is 18.7 Å². The molecule has 0 atom stereocenters. The normalized spacial score (nSPS) is 12.9. The van der Waals surface area contributed by atoms with E-state index in [9.17, 15) is 14.6 Å². The monoisotopic (exact) mass is 373 g/mol. The molecule has 0 unspecified atom stereocenters. The molecule has 2 heterocycles. The van der Waals surface area contributed by atoms with Crippen LogP contribution in [-0.4, -0.2) is 27.3 Å². The molecule has 3 aromatic rings. The first kappa shape index (κ1) is 17.6. The van der Waals surface area contributed by atoms with E-state index < -0.39 is 0 Å². The molecule has 0 saturated heterocycles. The number of nitrogens with zero attached hydrogens (tertiary/aromatic N) is 5. The van der Waals surface area contributed by atoms with Crippen molar-refractivity contribution in [3.8, 4) is 11.3 Å². The lowest BCUT2D eigenvalue weighted by Crippen LogP contribution is -2.36. The van der Waals surface area contributed by atoms with Gasteiger partial charge in [-0.05, 0) is 46.1 Å². The quantitative estimate of drug-likeness (QED) is 0.639. The number of amides is 1. The highest BCUT2D eigenvalue weighted by molar-refractivity contribution is 5.93. The summed E-state index contributed by atoms with van der Waals surface area (Å²) in [6.07, 6.45) is 1.93. The van der Waals surface area contributed by atoms with Gasteiger partial charge in [-0.1, -0.05) is 30.3 Å². The minimum Gasteiger partial charge on any atom is -0.333 e. The van der Waals surface area contributed by atoms with Crippen molar-refractivity contribution in [2.75, 3.05) is 6.54 Å². The van der Waals surface area contributed by atoms with Crippen LogP contribution in [-0.2, 0) is 13.0 Å². The second kappa shape index (κ2) is 7.43. The first-order chi connectivity index (χ1) is 13.7. The van der Waals surface area contributed by atoms with Gasteiger partial charge in [0.25, 0.3) is 5.91 Å². The van der Waals surface area contributed by atoms with Gasteiger partial charge in [-0.3, -0.25) is 4.79 Å². The van der Waals surface area contributed by atoms with Gasteiger partial charge in [0.2, 0.25) is 0 Å². The third-order valence-corrected chi connectivity index (χ3v) is 4.75. The summed E-state index contributed by atoms with van der Waals surface area (Å²) >= 11 is 0. The van der Waals surface area contributed by atoms with Gasteiger partial charge in [0.15, 0.2) is 0 Å². The Morgan fingerprint density at radius 1 is 0.929 bits per heavy atom. The van der Waals surface area contributed by atoms with Crippen LogP contribution < -0.4 is 0 Å². The highest BCUT2D eigenvalue weighted by atomic mass is 16.3. The van der Waals surface area contributed by atoms with Crippen LogP contribution >= 0.6 is 0 Å². The maximum Gasteiger partial charge on any atom is 0.272 e. The standard InChI is InChI=1S/C20H15N5O3/c26-20(19-10-16(21-12-22-19)13-4-2-1-3-5-13)25-7-6-14-8-17(23-27)18(24-28)9-15(14)11-25/h1-5,8-10,12H,6-7,11H2. The van der Waals surface area contributed by atoms with Crippen LogP contribution in [0.15, 0.2) is 65.2 Å². The molecule has 1 amide bonds. The molecule has 4 rings (SSSR count). The van der Waals surface area contributed by atoms with E-state index in [1.54, 1.807) is 17.0 Å². The Hall–Kier alpha value is -3.81. The van der Waals surface area contributed by atoms with Crippen molar-refractivity contribution >= 4 is 17.3 Å². The number of rotatable bonds is 4. The van der Waals surface area contributed by atoms with Gasteiger partial charge in [0.1, 0.15) is 23.4 Å². The van der Waals surface area contributed by atoms with Crippen molar-refractivity contribution in [1.29, 1.82) is 0 Å². The smallest absolute Gasteiger partial charge is 0.272 e. The van der Waals surface area contributed by atoms with Gasteiger partial charge in [-0.25, -0.2) is 9.97 Å². The average Bonchev–Trinajstić information content (AvgIpc) is 2.77. The Bertz CT molecular complexity index is 1070. The molecular formula is C20H15N5O3. The van der Waals surface area contributed by atoms with Crippen molar-refractivity contribution in [2.45, 2.75) is 13.0 Å². The van der Waals surface area contributed by atoms with E-state index in [1.165, 1.54) is 12.4 Å². The molecule has 0 bridgehead atoms. The largest absolute Gasteiger partial charge is 0.333 e. The minimum atomic E-state index is -0.219. The molecule has 0 fully saturated rings. The third kappa shape index (κ3) is 3.27. The molecule has 138 valence electrons. The summed E-state index contributed by atoms with van der Waals surface area (Å²) in [6, 6.07) is 14.3. The Labute approximate surface area is 160 Å². The molecule has 1 aliphatic heterocycles. The van der Waals surface area contributed by atoms with E-state index in [0.29, 0.717) is 30.9 Å². The zero-order valence-electron chi connectivity index (χ0n) is 14.8. The third-order valence-electron chi connectivity index (χ3n) is 4.75. The fourth-order valence-electron chi connectivity index (χ4n) is 3.31. The van der Waals surface area contributed by atoms with E-state index in [-0.39, 0.29) is 17.3 Å². The van der Waals surface area contributed by atoms with Gasteiger partial charge in [0.05, 0.1) is 5.69 Å². The van der Waals surface area contributed by atoms with E-state index in [4.69, 9.17) is 0 Å². The number of fused-ring (bicyclic) bond motifs is 1. The lowest BCUT2D eigenvalue weighted by molar-refractivity contribution is 0.0728. The second-order valence-electron chi connectivity index (χ2n) is 6.42. The van der Waals surface area contributed by atoms with Gasteiger partial charge < -0.3 is 4.90 Å². The SMILES string of the molecule is O=Nc1cc2c(cc1N=O)CN(C(=O)c1cc(-c3ccccc3)ncn1)CC2. The van der Waals surface area contributed by atoms with Crippen LogP contribution in [0.5, 0.6) is 0 Å². The summed E-state index contributed by atoms with van der Waals surface area (Å²) in [6.45, 7) is 0.781. The molecule has 1 aliphatic rings. The predicted octanol–water partition coefficient (Wildman–Crippen LogP) is 4.14. The number of hydrogen-bond donors (Lipinski definition) is 0. The van der Waals surface area contributed by atoms with Gasteiger partial charge in [-0.15, -0.1) is 9.81 Å². The molecule has 2 aromatic carbocycles. The molecule has 1 aromatic heterocycles. The van der Waals surface area contributed by atoms with Gasteiger partial charge >= 0.3 is 0 Å². The number of benzene rings is 2. The van der Waals surface area contributed by atoms with Crippen LogP contribution in [0.2, 0.25) is 0 Å². The highest BCUT2D eigenvalue weighted by Gasteiger charge is 2.24. The van der Waals surface area contributed by atoms with Crippen LogP contribution in [0.1, 0.15) is 21.6 Å². The van der Waals surface area contributed by atoms with Crippen molar-refractivity contribution in [3.05, 3.63) is 81.5 Å². The molecule has 0 spiro atoms. The zero-order valence-corrected chi connectivity index (χ0v) is 14.8. The molecule has 28 heavy (non-hydrogen) atoms. The second-order valence-corrected chi connectivity index (χ2v) is 6.42. The summed E-state index contributed by atoms with van der Waals surface area (Å²) in [7, 11) is 0. The van der Waals surface area contributed by atoms with E-state index in [0.717, 1.165) is 16.7 Å². The summed E-state index contributed by atoms with van der Waals surface area (Å²) in [5.41, 5.74) is 3.55. The lowest BCUT2D eigenvalue weighted by Gasteiger charge is -2.29. The van der Waals surface area contributed by atoms with E-state index in [1.807, 2.05) is 30.3 Å². The fraction of sp³-hybridized carbons (Fsp3) is 0.150. The Morgan fingerprint density at radius 2 is 1.64 bits per heavy atom. The van der Waals surface area contributed by atoms with Crippen molar-refractivity contribution in [3.63, 3.8) is 0 Å². The number of carbonyl (C=O) groups excluding carboxylic acids is 1. The molecule has 0 N–H and O–H groups in total. The first-order valence-electron chi connectivity index (χ1n) is 8.69. The van der Waals surface area contributed by atoms with E-state index in [2.05, 4.69) is 20.3 Å². The topological polar surface area (TPSA) is 105 Å². The summed E-state index contributed by atoms with van der Waals surface area (Å²) in [4.78, 5) is 44.8. The van der Waals surface area contributed by atoms with Crippen LogP contribution in [0, 0.1) is 9.81 Å². The zero-order chi connectivity index (χ0) is 19.5. The summed E-state index contributed by atoms with van der Waals surface area (Å²) in [5.74, 6) is -0.219. The molecular weight excluding hydrogens is 358 g/mol. The van der Waals surface area contributed by atoms with Crippen LogP contribution in [0.25, 0.3) is 11.3 Å². The van der Waals surface area contributed by atoms with Gasteiger partial charge in [-0.2, -0.15) is 0 Å². The summed E-state index contributed by atoms with van der Waals surface area (Å²) < 4.78 is 0. The lowest BCUT2D eigenvalue weighted by atomic mass is 9.97. The fourth-order valence-corrected chi connectivity index (χ4v) is 3.31. The predicted molar refractivity (Wildman–Crippen MR) is 103 cm³/mol. The number of nitroso groups, excluding NO2 is 2. The molecule has 0 aliphatic carbocycles. The van der Waals surface area contributed by atoms with Crippen LogP contribution in [0.3, 0.4) is 0 Å². The number of hydrogen-bond acceptors (Lipinski definition) is 7. The molecule has 0 radical (unpaired) electrons. The first-order valence-corrected chi connectivity index (χ1v) is 8.69. The minimum absolute atomic E-state index is 0.0172. The van der Waals surface area contributed by atoms with Crippen molar-refractivity contribution in [2.24, 2.45) is 10.4 Å². The average molecular weight is 373 g/mol. The Kier molecular flexibility index (Phi) is 4.67. The molecule has 8 nitrogen and oxygen atoms in total. The summed E-state index contributed by atoms with van der Waals surface area (Å²) in [5, 5.41) is 5.70. The number of carbonyl (C=O) groups is 1. The van der Waals surface area contributed by atoms with Crippen molar-refractivity contribution in [1.82, 2.24) is 14.9 Å². The van der Waals surface area contributed by atoms with Crippen LogP contribution in [0.4, 0.5) is 11.4 Å². The molecule has 8 heteroatoms. The van der Waals surface area contributed by atoms with E-state index >= 15 is 0 Å². The Morgan fingerprint density at radius 3 is 2.36 bits per heavy atom. The Balaban J connectivity index is 1.60. The highest BCUT2D eigenvalue weighted by Crippen LogP contribution is 2.34. The number of aromatic nitrogens is 2.